The Morgan fingerprint density at radius 3 is 2.20 bits per heavy atom. The lowest BCUT2D eigenvalue weighted by molar-refractivity contribution is -0.149. The summed E-state index contributed by atoms with van der Waals surface area (Å²) in [6, 6.07) is 8.30. The molecule has 0 aliphatic heterocycles. The Kier molecular flexibility index (Phi) is 6.56. The molecule has 0 saturated carbocycles. The predicted molar refractivity (Wildman–Crippen MR) is 67.7 cm³/mol. The first-order valence-corrected chi connectivity index (χ1v) is 5.89. The van der Waals surface area contributed by atoms with Crippen molar-refractivity contribution in [3.05, 3.63) is 41.7 Å². The van der Waals surface area contributed by atoms with Crippen molar-refractivity contribution in [2.75, 3.05) is 6.61 Å². The summed E-state index contributed by atoms with van der Waals surface area (Å²) < 4.78 is 12.5. The average molecular weight is 288 g/mol. The van der Waals surface area contributed by atoms with Crippen LogP contribution in [0, 0.1) is 0 Å². The molecule has 4 unspecified atom stereocenters. The molecule has 6 nitrogen and oxygen atoms in total. The van der Waals surface area contributed by atoms with Gasteiger partial charge in [-0.1, -0.05) is 30.3 Å². The third-order valence-corrected chi connectivity index (χ3v) is 2.74. The van der Waals surface area contributed by atoms with Gasteiger partial charge in [-0.05, 0) is 11.6 Å². The lowest BCUT2D eigenvalue weighted by Gasteiger charge is -2.25. The fourth-order valence-corrected chi connectivity index (χ4v) is 1.56. The molecule has 1 aromatic carbocycles. The van der Waals surface area contributed by atoms with Crippen LogP contribution < -0.4 is 0 Å². The lowest BCUT2D eigenvalue weighted by Crippen LogP contribution is -2.46. The Balaban J connectivity index is 2.86. The van der Waals surface area contributed by atoms with Crippen molar-refractivity contribution in [1.29, 1.82) is 0 Å². The zero-order chi connectivity index (χ0) is 15.1. The minimum Gasteiger partial charge on any atom is -0.394 e. The minimum atomic E-state index is -1.93. The first-order valence-electron chi connectivity index (χ1n) is 5.89. The van der Waals surface area contributed by atoms with Gasteiger partial charge in [0.05, 0.1) is 6.61 Å². The third-order valence-electron chi connectivity index (χ3n) is 2.74. The van der Waals surface area contributed by atoms with Gasteiger partial charge in [0, 0.05) is 4.53 Å². The number of aliphatic hydroxyl groups excluding tert-OH is 5. The number of hydrogen-bond acceptors (Lipinski definition) is 6. The summed E-state index contributed by atoms with van der Waals surface area (Å²) in [5, 5.41) is 46.6. The summed E-state index contributed by atoms with van der Waals surface area (Å²) in [7, 11) is 0. The minimum absolute atomic E-state index is 0.503. The van der Waals surface area contributed by atoms with Gasteiger partial charge in [-0.3, -0.25) is 4.94 Å². The molecule has 1 aromatic rings. The number of halogens is 1. The van der Waals surface area contributed by atoms with Crippen LogP contribution in [-0.2, 0) is 4.94 Å². The zero-order valence-corrected chi connectivity index (χ0v) is 10.5. The molecule has 0 aliphatic rings. The standard InChI is InChI=1S/C13H17FO6/c14-20-10(6-8-4-2-1-3-5-8)12(18)13(19)11(17)9(16)7-15/h1-6,9,11-13,15-19H,7H2. The maximum absolute atomic E-state index is 12.5. The van der Waals surface area contributed by atoms with Gasteiger partial charge >= 0.3 is 0 Å². The molecule has 0 fully saturated rings. The number of hydrogen-bond donors (Lipinski definition) is 5. The van der Waals surface area contributed by atoms with E-state index < -0.39 is 36.8 Å². The molecule has 112 valence electrons. The summed E-state index contributed by atoms with van der Waals surface area (Å²) in [6.45, 7) is -0.820. The molecule has 0 aromatic heterocycles. The summed E-state index contributed by atoms with van der Waals surface area (Å²) in [6.07, 6.45) is -6.23. The van der Waals surface area contributed by atoms with Crippen LogP contribution in [0.2, 0.25) is 0 Å². The highest BCUT2D eigenvalue weighted by molar-refractivity contribution is 5.51. The zero-order valence-electron chi connectivity index (χ0n) is 10.5. The van der Waals surface area contributed by atoms with Crippen LogP contribution >= 0.6 is 0 Å². The van der Waals surface area contributed by atoms with E-state index in [1.165, 1.54) is 0 Å². The monoisotopic (exact) mass is 288 g/mol. The van der Waals surface area contributed by atoms with Gasteiger partial charge < -0.3 is 25.5 Å². The molecule has 0 bridgehead atoms. The molecule has 0 aliphatic carbocycles. The topological polar surface area (TPSA) is 110 Å². The molecule has 5 N–H and O–H groups in total. The third kappa shape index (κ3) is 4.26. The van der Waals surface area contributed by atoms with Crippen molar-refractivity contribution in [1.82, 2.24) is 0 Å². The fourth-order valence-electron chi connectivity index (χ4n) is 1.56. The second-order valence-corrected chi connectivity index (χ2v) is 4.21. The van der Waals surface area contributed by atoms with Gasteiger partial charge in [-0.15, -0.1) is 0 Å². The molecular weight excluding hydrogens is 271 g/mol. The average Bonchev–Trinajstić information content (AvgIpc) is 2.50. The molecule has 1 rings (SSSR count). The number of rotatable bonds is 7. The maximum Gasteiger partial charge on any atom is 0.180 e. The van der Waals surface area contributed by atoms with Gasteiger partial charge in [-0.2, -0.15) is 0 Å². The molecule has 4 atom stereocenters. The number of aliphatic hydroxyl groups is 5. The van der Waals surface area contributed by atoms with Gasteiger partial charge in [0.1, 0.15) is 24.4 Å². The summed E-state index contributed by atoms with van der Waals surface area (Å²) in [4.78, 5) is 3.50. The Hall–Kier alpha value is -1.51. The Bertz CT molecular complexity index is 424. The first-order chi connectivity index (χ1) is 9.51. The van der Waals surface area contributed by atoms with E-state index in [9.17, 15) is 19.8 Å². The van der Waals surface area contributed by atoms with Gasteiger partial charge in [0.25, 0.3) is 0 Å². The first kappa shape index (κ1) is 16.5. The second kappa shape index (κ2) is 7.93. The SMILES string of the molecule is OCC(O)C(O)C(O)C(O)C(=Cc1ccccc1)OF. The quantitative estimate of drug-likeness (QED) is 0.427. The van der Waals surface area contributed by atoms with Crippen molar-refractivity contribution >= 4 is 6.08 Å². The summed E-state index contributed by atoms with van der Waals surface area (Å²) in [5.41, 5.74) is 0.503. The van der Waals surface area contributed by atoms with Crippen LogP contribution in [0.1, 0.15) is 5.56 Å². The Labute approximate surface area is 114 Å². The predicted octanol–water partition coefficient (Wildman–Crippen LogP) is -0.635. The lowest BCUT2D eigenvalue weighted by atomic mass is 10.0. The van der Waals surface area contributed by atoms with E-state index in [1.807, 2.05) is 0 Å². The molecule has 7 heteroatoms. The largest absolute Gasteiger partial charge is 0.394 e. The Morgan fingerprint density at radius 2 is 1.70 bits per heavy atom. The molecule has 20 heavy (non-hydrogen) atoms. The maximum atomic E-state index is 12.5. The smallest absolute Gasteiger partial charge is 0.180 e. The molecule has 0 saturated heterocycles. The highest BCUT2D eigenvalue weighted by Crippen LogP contribution is 2.17. The van der Waals surface area contributed by atoms with Crippen molar-refractivity contribution in [3.63, 3.8) is 0 Å². The van der Waals surface area contributed by atoms with Crippen molar-refractivity contribution < 1.29 is 35.0 Å². The van der Waals surface area contributed by atoms with Gasteiger partial charge in [-0.25, -0.2) is 0 Å². The van der Waals surface area contributed by atoms with E-state index >= 15 is 0 Å². The van der Waals surface area contributed by atoms with E-state index in [0.29, 0.717) is 5.56 Å². The van der Waals surface area contributed by atoms with E-state index in [0.717, 1.165) is 6.08 Å². The van der Waals surface area contributed by atoms with Crippen LogP contribution in [0.15, 0.2) is 36.1 Å². The van der Waals surface area contributed by atoms with Crippen LogP contribution in [0.4, 0.5) is 4.53 Å². The summed E-state index contributed by atoms with van der Waals surface area (Å²) in [5.74, 6) is -0.632. The van der Waals surface area contributed by atoms with Gasteiger partial charge in [0.2, 0.25) is 0 Å². The van der Waals surface area contributed by atoms with Gasteiger partial charge in [0.15, 0.2) is 5.76 Å². The van der Waals surface area contributed by atoms with Crippen LogP contribution in [0.25, 0.3) is 6.08 Å². The normalized spacial score (nSPS) is 18.2. The van der Waals surface area contributed by atoms with E-state index in [1.54, 1.807) is 30.3 Å². The van der Waals surface area contributed by atoms with Crippen molar-refractivity contribution in [3.8, 4) is 0 Å². The van der Waals surface area contributed by atoms with E-state index in [4.69, 9.17) is 10.2 Å². The fraction of sp³-hybridized carbons (Fsp3) is 0.385. The molecular formula is C13H17FO6. The van der Waals surface area contributed by atoms with Crippen LogP contribution in [0.3, 0.4) is 0 Å². The van der Waals surface area contributed by atoms with Crippen molar-refractivity contribution in [2.45, 2.75) is 24.4 Å². The highest BCUT2D eigenvalue weighted by Gasteiger charge is 2.33. The van der Waals surface area contributed by atoms with E-state index in [2.05, 4.69) is 4.94 Å². The molecule has 0 spiro atoms. The molecule has 0 radical (unpaired) electrons. The van der Waals surface area contributed by atoms with Crippen molar-refractivity contribution in [2.24, 2.45) is 0 Å². The summed E-state index contributed by atoms with van der Waals surface area (Å²) >= 11 is 0. The Morgan fingerprint density at radius 1 is 1.10 bits per heavy atom. The highest BCUT2D eigenvalue weighted by atomic mass is 19.3. The van der Waals surface area contributed by atoms with Crippen LogP contribution in [-0.4, -0.2) is 56.6 Å². The second-order valence-electron chi connectivity index (χ2n) is 4.21. The number of benzene rings is 1. The molecule has 0 heterocycles. The van der Waals surface area contributed by atoms with E-state index in [-0.39, 0.29) is 0 Å². The van der Waals surface area contributed by atoms with Crippen LogP contribution in [0.5, 0.6) is 0 Å². The molecule has 0 amide bonds.